The molecule has 1 aromatic rings. The Bertz CT molecular complexity index is 2350. The Balaban J connectivity index is 1.18. The molecule has 0 bridgehead atoms. The molecule has 5 saturated heterocycles. The molecule has 16 N–H and O–H groups in total. The van der Waals surface area contributed by atoms with Gasteiger partial charge in [0, 0.05) is 33.3 Å². The molecule has 502 valence electrons. The highest BCUT2D eigenvalue weighted by molar-refractivity contribution is 5.94. The summed E-state index contributed by atoms with van der Waals surface area (Å²) in [6.07, 6.45) is -23.7. The van der Waals surface area contributed by atoms with Gasteiger partial charge in [-0.1, -0.05) is 64.4 Å². The number of hydrogen-bond donors (Lipinski definition) is 16. The van der Waals surface area contributed by atoms with Gasteiger partial charge < -0.3 is 130 Å². The van der Waals surface area contributed by atoms with Crippen LogP contribution in [-0.2, 0) is 61.8 Å². The third kappa shape index (κ3) is 18.9. The second-order valence-corrected chi connectivity index (χ2v) is 22.9. The third-order valence-electron chi connectivity index (χ3n) is 16.1. The Morgan fingerprint density at radius 1 is 0.432 bits per heavy atom. The van der Waals surface area contributed by atoms with Gasteiger partial charge in [0.2, 0.25) is 23.6 Å². The molecule has 0 spiro atoms. The average Bonchev–Trinajstić information content (AvgIpc) is 1.44. The predicted molar refractivity (Wildman–Crippen MR) is 301 cm³/mol. The van der Waals surface area contributed by atoms with Gasteiger partial charge in [0.05, 0.1) is 51.8 Å². The molecule has 5 amide bonds. The fraction of sp³-hybridized carbons (Fsp3) is 0.807. The van der Waals surface area contributed by atoms with Gasteiger partial charge in [-0.05, 0) is 31.5 Å². The molecule has 31 heteroatoms. The summed E-state index contributed by atoms with van der Waals surface area (Å²) in [5.41, 5.74) is 0.0775. The fourth-order valence-electron chi connectivity index (χ4n) is 11.6. The molecule has 0 radical (unpaired) electrons. The number of aliphatic hydroxyl groups is 11. The SMILES string of the molecule is CCCCCCCCCCCOc1cccc(C(=O)N[C@@H]2C(O[C@H]3C(O)C(NC(C)=O)C(OC4C(CO)O[C@@H](O[C@H]5C(O)C(NC(C)=O)C(OC6C(CO)OC(C)[C@@H](NC(C)=O)[C@H]6O)O[C@H]5CO)[C@@H](NC(C)=O)[C@H]4O)O[C@H]3CO)OC(CO)[C@@H](O)[C@@H]2O)c1. The van der Waals surface area contributed by atoms with E-state index in [0.29, 0.717) is 12.4 Å². The zero-order valence-electron chi connectivity index (χ0n) is 50.4. The first-order chi connectivity index (χ1) is 42.0. The molecular formula is C57H93N5O26. The van der Waals surface area contributed by atoms with E-state index in [1.54, 1.807) is 12.1 Å². The molecular weight excluding hydrogens is 1170 g/mol. The Hall–Kier alpha value is -4.43. The van der Waals surface area contributed by atoms with Gasteiger partial charge in [-0.2, -0.15) is 0 Å². The van der Waals surface area contributed by atoms with Gasteiger partial charge in [0.25, 0.3) is 5.91 Å². The van der Waals surface area contributed by atoms with Crippen molar-refractivity contribution in [2.24, 2.45) is 0 Å². The Morgan fingerprint density at radius 3 is 1.16 bits per heavy atom. The molecule has 0 aromatic heterocycles. The van der Waals surface area contributed by atoms with E-state index in [4.69, 9.17) is 47.4 Å². The van der Waals surface area contributed by atoms with Crippen molar-refractivity contribution in [3.05, 3.63) is 29.8 Å². The zero-order valence-corrected chi connectivity index (χ0v) is 50.4. The van der Waals surface area contributed by atoms with Crippen molar-refractivity contribution in [2.75, 3.05) is 39.6 Å². The molecule has 5 aliphatic heterocycles. The highest BCUT2D eigenvalue weighted by atomic mass is 16.8. The summed E-state index contributed by atoms with van der Waals surface area (Å²) in [6.45, 7) is 4.05. The third-order valence-corrected chi connectivity index (χ3v) is 16.1. The second-order valence-electron chi connectivity index (χ2n) is 22.9. The molecule has 0 saturated carbocycles. The number of rotatable bonds is 30. The van der Waals surface area contributed by atoms with Gasteiger partial charge in [-0.15, -0.1) is 0 Å². The smallest absolute Gasteiger partial charge is 0.251 e. The number of carbonyl (C=O) groups excluding carboxylic acids is 5. The van der Waals surface area contributed by atoms with Gasteiger partial charge >= 0.3 is 0 Å². The average molecular weight is 1260 g/mol. The van der Waals surface area contributed by atoms with Crippen molar-refractivity contribution in [1.82, 2.24) is 26.6 Å². The minimum atomic E-state index is -2.01. The molecule has 1 aromatic carbocycles. The molecule has 5 heterocycles. The van der Waals surface area contributed by atoms with E-state index in [1.165, 1.54) is 58.1 Å². The number of carbonyl (C=O) groups is 5. The molecule has 6 rings (SSSR count). The van der Waals surface area contributed by atoms with Crippen LogP contribution in [0.4, 0.5) is 0 Å². The molecule has 13 unspecified atom stereocenters. The minimum absolute atomic E-state index is 0.0775. The van der Waals surface area contributed by atoms with Crippen LogP contribution >= 0.6 is 0 Å². The second kappa shape index (κ2) is 34.8. The number of benzene rings is 1. The Kier molecular flexibility index (Phi) is 28.8. The Morgan fingerprint density at radius 2 is 0.773 bits per heavy atom. The standard InChI is InChI=1S/C57H93N5O26/c1-7-8-9-10-11-12-13-14-15-19-79-32-18-16-17-31(20-32)53(78)62-39-44(73)43(72)33(21-63)81-54(39)86-50-35(23-65)83-56(41(46(50)75)60-29(5)70)88-52-37(25-67)84-57(42(48(52)77)61-30(6)71)87-51-36(24-66)82-55(40(47(51)76)59-28(4)69)85-49-34(22-64)80-26(2)38(45(49)74)58-27(3)68/h16-18,20,26,33-52,54-57,63-67,72-77H,7-15,19,21-25H2,1-6H3,(H,58,68)(H,59,69)(H,60,70)(H,61,71)(H,62,78)/t26?,33?,34?,35-,36-,37?,38+,39-,40?,41?,42-,43+,44+,45+,46?,47?,48+,49?,50+,51+,52?,54?,55?,56?,57-/m0/s1. The summed E-state index contributed by atoms with van der Waals surface area (Å²) >= 11 is 0. The van der Waals surface area contributed by atoms with Crippen molar-refractivity contribution in [3.8, 4) is 5.75 Å². The van der Waals surface area contributed by atoms with Crippen LogP contribution < -0.4 is 31.3 Å². The first-order valence-electron chi connectivity index (χ1n) is 30.1. The predicted octanol–water partition coefficient (Wildman–Crippen LogP) is -4.93. The number of ether oxygens (including phenoxy) is 10. The minimum Gasteiger partial charge on any atom is -0.494 e. The summed E-state index contributed by atoms with van der Waals surface area (Å²) in [5, 5.41) is 135. The summed E-state index contributed by atoms with van der Waals surface area (Å²) < 4.78 is 60.6. The maximum atomic E-state index is 13.9. The highest BCUT2D eigenvalue weighted by Gasteiger charge is 2.57. The lowest BCUT2D eigenvalue weighted by molar-refractivity contribution is -0.366. The summed E-state index contributed by atoms with van der Waals surface area (Å²) in [6, 6.07) is -1.53. The number of unbranched alkanes of at least 4 members (excludes halogenated alkanes) is 8. The molecule has 31 nitrogen and oxygen atoms in total. The zero-order chi connectivity index (χ0) is 64.5. The van der Waals surface area contributed by atoms with Crippen molar-refractivity contribution in [2.45, 2.75) is 252 Å². The molecule has 0 aliphatic carbocycles. The van der Waals surface area contributed by atoms with E-state index in [2.05, 4.69) is 33.5 Å². The van der Waals surface area contributed by atoms with E-state index in [0.717, 1.165) is 46.5 Å². The summed E-state index contributed by atoms with van der Waals surface area (Å²) in [7, 11) is 0. The summed E-state index contributed by atoms with van der Waals surface area (Å²) in [4.78, 5) is 64.3. The number of amides is 5. The van der Waals surface area contributed by atoms with Crippen LogP contribution in [0.3, 0.4) is 0 Å². The largest absolute Gasteiger partial charge is 0.494 e. The van der Waals surface area contributed by atoms with E-state index in [-0.39, 0.29) is 5.56 Å². The van der Waals surface area contributed by atoms with E-state index >= 15 is 0 Å². The van der Waals surface area contributed by atoms with Gasteiger partial charge in [0.15, 0.2) is 25.2 Å². The van der Waals surface area contributed by atoms with Gasteiger partial charge in [-0.3, -0.25) is 24.0 Å². The van der Waals surface area contributed by atoms with E-state index < -0.39 is 216 Å². The lowest BCUT2D eigenvalue weighted by atomic mass is 9.92. The van der Waals surface area contributed by atoms with Crippen molar-refractivity contribution >= 4 is 29.5 Å². The van der Waals surface area contributed by atoms with Gasteiger partial charge in [-0.25, -0.2) is 0 Å². The van der Waals surface area contributed by atoms with Crippen LogP contribution in [0.25, 0.3) is 0 Å². The first kappa shape index (κ1) is 72.6. The summed E-state index contributed by atoms with van der Waals surface area (Å²) in [5.74, 6) is -3.26. The Labute approximate surface area is 509 Å². The molecule has 88 heavy (non-hydrogen) atoms. The maximum absolute atomic E-state index is 13.9. The fourth-order valence-corrected chi connectivity index (χ4v) is 11.6. The van der Waals surface area contributed by atoms with Crippen LogP contribution in [0.5, 0.6) is 5.75 Å². The molecule has 5 aliphatic rings. The lowest BCUT2D eigenvalue weighted by Gasteiger charge is -2.51. The normalized spacial score (nSPS) is 37.7. The quantitative estimate of drug-likeness (QED) is 0.0321. The highest BCUT2D eigenvalue weighted by Crippen LogP contribution is 2.36. The lowest BCUT2D eigenvalue weighted by Crippen LogP contribution is -2.72. The van der Waals surface area contributed by atoms with Crippen LogP contribution in [0.1, 0.15) is 110 Å². The number of aliphatic hydroxyl groups excluding tert-OH is 11. The van der Waals surface area contributed by atoms with Crippen LogP contribution in [-0.4, -0.2) is 278 Å². The molecule has 5 fully saturated rings. The number of nitrogens with one attached hydrogen (secondary N) is 5. The van der Waals surface area contributed by atoms with Crippen molar-refractivity contribution in [3.63, 3.8) is 0 Å². The van der Waals surface area contributed by atoms with Crippen LogP contribution in [0, 0.1) is 0 Å². The first-order valence-corrected chi connectivity index (χ1v) is 30.1. The van der Waals surface area contributed by atoms with Gasteiger partial charge in [0.1, 0.15) is 121 Å². The van der Waals surface area contributed by atoms with Crippen LogP contribution in [0.15, 0.2) is 24.3 Å². The maximum Gasteiger partial charge on any atom is 0.251 e. The number of hydrogen-bond acceptors (Lipinski definition) is 26. The van der Waals surface area contributed by atoms with Crippen molar-refractivity contribution < 1.29 is 128 Å². The molecule has 25 atom stereocenters. The van der Waals surface area contributed by atoms with Crippen LogP contribution in [0.2, 0.25) is 0 Å². The van der Waals surface area contributed by atoms with E-state index in [9.17, 15) is 80.1 Å². The monoisotopic (exact) mass is 1260 g/mol. The van der Waals surface area contributed by atoms with Crippen molar-refractivity contribution in [1.29, 1.82) is 0 Å². The van der Waals surface area contributed by atoms with E-state index in [1.807, 2.05) is 0 Å². The topological polar surface area (TPSA) is 460 Å².